The molecule has 3 heterocycles. The van der Waals surface area contributed by atoms with Crippen LogP contribution in [0.2, 0.25) is 0 Å². The first-order valence-electron chi connectivity index (χ1n) is 10.5. The Kier molecular flexibility index (Phi) is 6.31. The number of likely N-dealkylation sites (tertiary alicyclic amines) is 1. The minimum atomic E-state index is -0.207. The molecule has 3 aromatic rings. The summed E-state index contributed by atoms with van der Waals surface area (Å²) in [5.41, 5.74) is 1.70. The quantitative estimate of drug-likeness (QED) is 0.588. The fraction of sp³-hybridized carbons (Fsp3) is 0.455. The first-order valence-corrected chi connectivity index (χ1v) is 11.5. The average Bonchev–Trinajstić information content (AvgIpc) is 3.29. The molecule has 1 aliphatic heterocycles. The van der Waals surface area contributed by atoms with Gasteiger partial charge in [-0.05, 0) is 37.3 Å². The Balaban J connectivity index is 1.49. The van der Waals surface area contributed by atoms with E-state index in [-0.39, 0.29) is 24.1 Å². The van der Waals surface area contributed by atoms with E-state index in [1.165, 1.54) is 11.8 Å². The first kappa shape index (κ1) is 21.4. The van der Waals surface area contributed by atoms with Gasteiger partial charge in [0.2, 0.25) is 11.8 Å². The molecule has 0 unspecified atom stereocenters. The molecule has 31 heavy (non-hydrogen) atoms. The minimum Gasteiger partial charge on any atom is -0.360 e. The summed E-state index contributed by atoms with van der Waals surface area (Å²) in [6.45, 7) is 7.94. The highest BCUT2D eigenvalue weighted by molar-refractivity contribution is 7.99. The number of fused-ring (bicyclic) bond motifs is 1. The molecule has 0 bridgehead atoms. The van der Waals surface area contributed by atoms with Crippen molar-refractivity contribution in [3.63, 3.8) is 0 Å². The molecule has 1 aromatic carbocycles. The van der Waals surface area contributed by atoms with Crippen LogP contribution < -0.4 is 5.32 Å². The lowest BCUT2D eigenvalue weighted by Gasteiger charge is -2.35. The minimum absolute atomic E-state index is 0.0888. The summed E-state index contributed by atoms with van der Waals surface area (Å²) < 4.78 is 6.89. The third-order valence-corrected chi connectivity index (χ3v) is 6.34. The monoisotopic (exact) mass is 441 g/mol. The second kappa shape index (κ2) is 9.13. The summed E-state index contributed by atoms with van der Waals surface area (Å²) in [7, 11) is 0. The van der Waals surface area contributed by atoms with Gasteiger partial charge in [0.05, 0.1) is 16.8 Å². The molecule has 1 fully saturated rings. The van der Waals surface area contributed by atoms with Gasteiger partial charge in [-0.25, -0.2) is 4.98 Å². The number of benzene rings is 1. The number of carbonyl (C=O) groups is 2. The summed E-state index contributed by atoms with van der Waals surface area (Å²) in [6.07, 6.45) is 1.15. The maximum Gasteiger partial charge on any atom is 0.242 e. The van der Waals surface area contributed by atoms with Crippen molar-refractivity contribution in [3.05, 3.63) is 36.1 Å². The highest BCUT2D eigenvalue weighted by Gasteiger charge is 2.26. The molecular formula is C22H27N5O3S. The van der Waals surface area contributed by atoms with Crippen LogP contribution in [0.15, 0.2) is 40.0 Å². The van der Waals surface area contributed by atoms with Gasteiger partial charge >= 0.3 is 0 Å². The van der Waals surface area contributed by atoms with Crippen LogP contribution >= 0.6 is 11.8 Å². The number of nitrogens with one attached hydrogen (secondary N) is 1. The molecule has 0 radical (unpaired) electrons. The van der Waals surface area contributed by atoms with Crippen molar-refractivity contribution in [1.82, 2.24) is 19.6 Å². The van der Waals surface area contributed by atoms with E-state index < -0.39 is 0 Å². The second-order valence-electron chi connectivity index (χ2n) is 8.37. The number of rotatable bonds is 6. The summed E-state index contributed by atoms with van der Waals surface area (Å²) in [4.78, 5) is 32.1. The number of anilines is 1. The molecule has 0 saturated carbocycles. The third kappa shape index (κ3) is 5.10. The fourth-order valence-corrected chi connectivity index (χ4v) is 4.97. The summed E-state index contributed by atoms with van der Waals surface area (Å²) in [6, 6.07) is 9.40. The molecule has 2 amide bonds. The van der Waals surface area contributed by atoms with Crippen LogP contribution in [-0.2, 0) is 16.1 Å². The zero-order chi connectivity index (χ0) is 22.0. The van der Waals surface area contributed by atoms with Crippen LogP contribution in [0.4, 0.5) is 5.82 Å². The number of para-hydroxylation sites is 2. The molecule has 1 saturated heterocycles. The number of aromatic nitrogens is 3. The SMILES string of the molecule is Cc1cc(NC(=O)CSc2nc3ccccc3n2CC(=O)N2C[C@H](C)C[C@@H](C)C2)no1. The number of imidazole rings is 1. The van der Waals surface area contributed by atoms with Gasteiger partial charge in [0.25, 0.3) is 0 Å². The zero-order valence-electron chi connectivity index (χ0n) is 18.0. The van der Waals surface area contributed by atoms with Crippen LogP contribution in [-0.4, -0.2) is 50.3 Å². The molecule has 4 rings (SSSR count). The molecule has 1 aliphatic rings. The van der Waals surface area contributed by atoms with E-state index in [1.54, 1.807) is 13.0 Å². The number of amides is 2. The van der Waals surface area contributed by atoms with E-state index in [0.29, 0.717) is 28.6 Å². The number of aryl methyl sites for hydroxylation is 1. The number of nitrogens with zero attached hydrogens (tertiary/aromatic N) is 4. The van der Waals surface area contributed by atoms with Crippen LogP contribution in [0.1, 0.15) is 26.0 Å². The van der Waals surface area contributed by atoms with Crippen LogP contribution in [0.5, 0.6) is 0 Å². The van der Waals surface area contributed by atoms with Crippen molar-refractivity contribution in [1.29, 1.82) is 0 Å². The maximum absolute atomic E-state index is 13.1. The van der Waals surface area contributed by atoms with Crippen molar-refractivity contribution in [2.75, 3.05) is 24.2 Å². The second-order valence-corrected chi connectivity index (χ2v) is 9.32. The van der Waals surface area contributed by atoms with Gasteiger partial charge in [-0.15, -0.1) is 0 Å². The largest absolute Gasteiger partial charge is 0.360 e. The van der Waals surface area contributed by atoms with Crippen molar-refractivity contribution >= 4 is 40.4 Å². The summed E-state index contributed by atoms with van der Waals surface area (Å²) in [5, 5.41) is 7.14. The topological polar surface area (TPSA) is 93.3 Å². The average molecular weight is 442 g/mol. The molecule has 2 atom stereocenters. The predicted molar refractivity (Wildman–Crippen MR) is 120 cm³/mol. The van der Waals surface area contributed by atoms with E-state index >= 15 is 0 Å². The van der Waals surface area contributed by atoms with Gasteiger partial charge in [0.1, 0.15) is 12.3 Å². The Morgan fingerprint density at radius 1 is 1.23 bits per heavy atom. The van der Waals surface area contributed by atoms with Gasteiger partial charge in [-0.2, -0.15) is 0 Å². The lowest BCUT2D eigenvalue weighted by molar-refractivity contribution is -0.134. The van der Waals surface area contributed by atoms with Gasteiger partial charge in [-0.3, -0.25) is 9.59 Å². The standard InChI is InChI=1S/C22H27N5O3S/c1-14-8-15(2)11-26(10-14)21(29)12-27-18-7-5-4-6-17(18)23-22(27)31-13-20(28)24-19-9-16(3)30-25-19/h4-7,9,14-15H,8,10-13H2,1-3H3,(H,24,25,28)/t14-,15-/m1/s1. The van der Waals surface area contributed by atoms with Crippen molar-refractivity contribution in [3.8, 4) is 0 Å². The number of carbonyl (C=O) groups excluding carboxylic acids is 2. The van der Waals surface area contributed by atoms with Crippen LogP contribution in [0.25, 0.3) is 11.0 Å². The van der Waals surface area contributed by atoms with Crippen molar-refractivity contribution < 1.29 is 14.1 Å². The molecule has 2 aromatic heterocycles. The summed E-state index contributed by atoms with van der Waals surface area (Å²) >= 11 is 1.31. The molecule has 8 nitrogen and oxygen atoms in total. The highest BCUT2D eigenvalue weighted by Crippen LogP contribution is 2.26. The molecule has 9 heteroatoms. The van der Waals surface area contributed by atoms with Gasteiger partial charge < -0.3 is 19.3 Å². The van der Waals surface area contributed by atoms with Gasteiger partial charge in [0.15, 0.2) is 11.0 Å². The van der Waals surface area contributed by atoms with E-state index in [4.69, 9.17) is 4.52 Å². The smallest absolute Gasteiger partial charge is 0.242 e. The predicted octanol–water partition coefficient (Wildman–Crippen LogP) is 3.57. The molecule has 0 aliphatic carbocycles. The van der Waals surface area contributed by atoms with E-state index in [0.717, 1.165) is 30.5 Å². The van der Waals surface area contributed by atoms with Crippen LogP contribution in [0.3, 0.4) is 0 Å². The van der Waals surface area contributed by atoms with E-state index in [2.05, 4.69) is 29.3 Å². The Morgan fingerprint density at radius 3 is 2.68 bits per heavy atom. The number of hydrogen-bond acceptors (Lipinski definition) is 6. The highest BCUT2D eigenvalue weighted by atomic mass is 32.2. The Morgan fingerprint density at radius 2 is 1.97 bits per heavy atom. The van der Waals surface area contributed by atoms with E-state index in [9.17, 15) is 9.59 Å². The molecule has 0 spiro atoms. The Labute approximate surface area is 185 Å². The van der Waals surface area contributed by atoms with E-state index in [1.807, 2.05) is 33.7 Å². The molecule has 164 valence electrons. The summed E-state index contributed by atoms with van der Waals surface area (Å²) in [5.74, 6) is 2.06. The van der Waals surface area contributed by atoms with Crippen molar-refractivity contribution in [2.24, 2.45) is 11.8 Å². The first-order chi connectivity index (χ1) is 14.9. The fourth-order valence-electron chi connectivity index (χ4n) is 4.15. The molecular weight excluding hydrogens is 414 g/mol. The molecule has 1 N–H and O–H groups in total. The normalized spacial score (nSPS) is 19.0. The Hall–Kier alpha value is -2.81. The lowest BCUT2D eigenvalue weighted by atomic mass is 9.92. The van der Waals surface area contributed by atoms with Crippen LogP contribution in [0, 0.1) is 18.8 Å². The van der Waals surface area contributed by atoms with Gasteiger partial charge in [0, 0.05) is 19.2 Å². The maximum atomic E-state index is 13.1. The number of hydrogen-bond donors (Lipinski definition) is 1. The zero-order valence-corrected chi connectivity index (χ0v) is 18.8. The van der Waals surface area contributed by atoms with Gasteiger partial charge in [-0.1, -0.05) is 42.9 Å². The Bertz CT molecular complexity index is 1080. The number of piperidine rings is 1. The number of thioether (sulfide) groups is 1. The third-order valence-electron chi connectivity index (χ3n) is 5.36. The lowest BCUT2D eigenvalue weighted by Crippen LogP contribution is -2.44. The van der Waals surface area contributed by atoms with Crippen molar-refractivity contribution in [2.45, 2.75) is 38.9 Å².